The molecule has 1 fully saturated rings. The molecule has 5 rings (SSSR count). The van der Waals surface area contributed by atoms with Gasteiger partial charge in [0.15, 0.2) is 0 Å². The van der Waals surface area contributed by atoms with Crippen molar-refractivity contribution in [2.24, 2.45) is 0 Å². The molecule has 0 unspecified atom stereocenters. The molecule has 0 radical (unpaired) electrons. The van der Waals surface area contributed by atoms with E-state index in [1.54, 1.807) is 0 Å². The highest BCUT2D eigenvalue weighted by Crippen LogP contribution is 2.44. The molecule has 1 saturated carbocycles. The molecule has 3 aromatic rings. The molecule has 0 aliphatic heterocycles. The van der Waals surface area contributed by atoms with Crippen LogP contribution in [0.4, 0.5) is 0 Å². The predicted octanol–water partition coefficient (Wildman–Crippen LogP) is 6.84. The summed E-state index contributed by atoms with van der Waals surface area (Å²) in [6, 6.07) is 15.1. The van der Waals surface area contributed by atoms with Gasteiger partial charge in [0.05, 0.1) is 0 Å². The maximum atomic E-state index is 6.03. The van der Waals surface area contributed by atoms with Crippen LogP contribution < -0.4 is 0 Å². The van der Waals surface area contributed by atoms with Crippen LogP contribution in [0.1, 0.15) is 65.5 Å². The van der Waals surface area contributed by atoms with Crippen molar-refractivity contribution >= 4 is 11.6 Å². The van der Waals surface area contributed by atoms with E-state index in [1.165, 1.54) is 53.5 Å². The number of aryl methyl sites for hydroxylation is 2. The van der Waals surface area contributed by atoms with Gasteiger partial charge in [-0.2, -0.15) is 0 Å². The molecule has 0 bridgehead atoms. The maximum Gasteiger partial charge on any atom is 0.143 e. The van der Waals surface area contributed by atoms with E-state index in [0.717, 1.165) is 29.3 Å². The summed E-state index contributed by atoms with van der Waals surface area (Å²) in [7, 11) is 0. The van der Waals surface area contributed by atoms with Crippen LogP contribution in [0.25, 0.3) is 11.3 Å². The van der Waals surface area contributed by atoms with Crippen LogP contribution in [-0.4, -0.2) is 5.16 Å². The molecule has 0 saturated heterocycles. The van der Waals surface area contributed by atoms with E-state index in [2.05, 4.69) is 42.4 Å². The predicted molar refractivity (Wildman–Crippen MR) is 109 cm³/mol. The Morgan fingerprint density at radius 3 is 2.44 bits per heavy atom. The molecule has 0 amide bonds. The maximum absolute atomic E-state index is 6.03. The van der Waals surface area contributed by atoms with Crippen molar-refractivity contribution in [3.05, 3.63) is 75.5 Å². The summed E-state index contributed by atoms with van der Waals surface area (Å²) < 4.78 is 5.93. The van der Waals surface area contributed by atoms with Crippen molar-refractivity contribution in [2.45, 2.75) is 57.3 Å². The number of hydrogen-bond donors (Lipinski definition) is 0. The number of halogens is 1. The van der Waals surface area contributed by atoms with Crippen molar-refractivity contribution < 1.29 is 4.52 Å². The zero-order valence-corrected chi connectivity index (χ0v) is 16.4. The standard InChI is InChI=1S/C24H24ClNO/c1-15-2-12-21-19(14-15)9-13-22-23(21)26-27-24(22)18-5-3-16(4-6-18)17-7-10-20(25)11-8-17/h2,7-8,10-12,14,16,18H,3-6,9,13H2,1H3. The fraction of sp³-hybridized carbons (Fsp3) is 0.375. The average molecular weight is 378 g/mol. The fourth-order valence-corrected chi connectivity index (χ4v) is 5.07. The summed E-state index contributed by atoms with van der Waals surface area (Å²) in [6.07, 6.45) is 6.92. The van der Waals surface area contributed by atoms with Gasteiger partial charge in [-0.15, -0.1) is 0 Å². The summed E-state index contributed by atoms with van der Waals surface area (Å²) >= 11 is 6.03. The van der Waals surface area contributed by atoms with Gasteiger partial charge >= 0.3 is 0 Å². The summed E-state index contributed by atoms with van der Waals surface area (Å²) in [4.78, 5) is 0. The van der Waals surface area contributed by atoms with Crippen molar-refractivity contribution in [2.75, 3.05) is 0 Å². The van der Waals surface area contributed by atoms with Crippen LogP contribution in [0.2, 0.25) is 5.02 Å². The summed E-state index contributed by atoms with van der Waals surface area (Å²) in [5, 5.41) is 5.32. The summed E-state index contributed by atoms with van der Waals surface area (Å²) in [5.41, 5.74) is 7.87. The van der Waals surface area contributed by atoms with E-state index in [9.17, 15) is 0 Å². The second kappa shape index (κ2) is 6.83. The number of nitrogens with zero attached hydrogens (tertiary/aromatic N) is 1. The van der Waals surface area contributed by atoms with E-state index in [4.69, 9.17) is 16.1 Å². The van der Waals surface area contributed by atoms with Gasteiger partial charge < -0.3 is 4.52 Å². The van der Waals surface area contributed by atoms with Gasteiger partial charge in [-0.1, -0.05) is 52.7 Å². The largest absolute Gasteiger partial charge is 0.360 e. The monoisotopic (exact) mass is 377 g/mol. The molecule has 0 N–H and O–H groups in total. The molecule has 0 spiro atoms. The molecule has 2 aliphatic rings. The molecule has 1 aromatic heterocycles. The van der Waals surface area contributed by atoms with Crippen LogP contribution in [0, 0.1) is 6.92 Å². The molecular formula is C24H24ClNO. The highest BCUT2D eigenvalue weighted by atomic mass is 35.5. The van der Waals surface area contributed by atoms with Gasteiger partial charge in [-0.3, -0.25) is 0 Å². The van der Waals surface area contributed by atoms with E-state index in [1.807, 2.05) is 12.1 Å². The molecule has 2 nitrogen and oxygen atoms in total. The Hall–Kier alpha value is -2.06. The first kappa shape index (κ1) is 17.1. The smallest absolute Gasteiger partial charge is 0.143 e. The van der Waals surface area contributed by atoms with Crippen LogP contribution in [0.3, 0.4) is 0 Å². The normalized spacial score (nSPS) is 21.6. The van der Waals surface area contributed by atoms with Crippen molar-refractivity contribution in [3.63, 3.8) is 0 Å². The average Bonchev–Trinajstić information content (AvgIpc) is 3.13. The highest BCUT2D eigenvalue weighted by Gasteiger charge is 2.31. The molecule has 2 aliphatic carbocycles. The Kier molecular flexibility index (Phi) is 4.32. The number of benzene rings is 2. The van der Waals surface area contributed by atoms with Gasteiger partial charge in [0, 0.05) is 22.1 Å². The van der Waals surface area contributed by atoms with Gasteiger partial charge in [0.1, 0.15) is 11.5 Å². The van der Waals surface area contributed by atoms with Crippen molar-refractivity contribution in [1.29, 1.82) is 0 Å². The molecule has 0 atom stereocenters. The van der Waals surface area contributed by atoms with Gasteiger partial charge in [0.25, 0.3) is 0 Å². The minimum absolute atomic E-state index is 0.511. The lowest BCUT2D eigenvalue weighted by Crippen LogP contribution is -2.14. The third kappa shape index (κ3) is 3.10. The van der Waals surface area contributed by atoms with Gasteiger partial charge in [-0.05, 0) is 74.6 Å². The first-order valence-electron chi connectivity index (χ1n) is 10.0. The van der Waals surface area contributed by atoms with E-state index < -0.39 is 0 Å². The first-order chi connectivity index (χ1) is 13.2. The molecule has 27 heavy (non-hydrogen) atoms. The molecule has 1 heterocycles. The molecule has 3 heteroatoms. The second-order valence-corrected chi connectivity index (χ2v) is 8.57. The Labute approximate surface area is 165 Å². The Balaban J connectivity index is 1.36. The summed E-state index contributed by atoms with van der Waals surface area (Å²) in [6.45, 7) is 2.16. The van der Waals surface area contributed by atoms with Gasteiger partial charge in [-0.25, -0.2) is 0 Å². The zero-order chi connectivity index (χ0) is 18.4. The minimum atomic E-state index is 0.511. The number of aromatic nitrogens is 1. The van der Waals surface area contributed by atoms with E-state index >= 15 is 0 Å². The molecule has 2 aromatic carbocycles. The topological polar surface area (TPSA) is 26.0 Å². The number of hydrogen-bond acceptors (Lipinski definition) is 2. The Morgan fingerprint density at radius 2 is 1.67 bits per heavy atom. The van der Waals surface area contributed by atoms with E-state index in [-0.39, 0.29) is 0 Å². The quantitative estimate of drug-likeness (QED) is 0.488. The minimum Gasteiger partial charge on any atom is -0.360 e. The molecular weight excluding hydrogens is 354 g/mol. The van der Waals surface area contributed by atoms with Gasteiger partial charge in [0.2, 0.25) is 0 Å². The Morgan fingerprint density at radius 1 is 0.926 bits per heavy atom. The lowest BCUT2D eigenvalue weighted by atomic mass is 9.76. The van der Waals surface area contributed by atoms with Crippen molar-refractivity contribution in [1.82, 2.24) is 5.16 Å². The highest BCUT2D eigenvalue weighted by molar-refractivity contribution is 6.30. The SMILES string of the molecule is Cc1ccc2c(c1)CCc1c-2noc1C1CCC(c2ccc(Cl)cc2)CC1. The zero-order valence-electron chi connectivity index (χ0n) is 15.7. The van der Waals surface area contributed by atoms with Crippen LogP contribution in [0.15, 0.2) is 47.0 Å². The lowest BCUT2D eigenvalue weighted by molar-refractivity contribution is 0.306. The Bertz CT molecular complexity index is 965. The van der Waals surface area contributed by atoms with Crippen LogP contribution in [-0.2, 0) is 12.8 Å². The third-order valence-electron chi connectivity index (χ3n) is 6.42. The lowest BCUT2D eigenvalue weighted by Gasteiger charge is -2.28. The second-order valence-electron chi connectivity index (χ2n) is 8.13. The fourth-order valence-electron chi connectivity index (χ4n) is 4.94. The first-order valence-corrected chi connectivity index (χ1v) is 10.4. The van der Waals surface area contributed by atoms with Crippen LogP contribution in [0.5, 0.6) is 0 Å². The summed E-state index contributed by atoms with van der Waals surface area (Å²) in [5.74, 6) is 2.31. The van der Waals surface area contributed by atoms with E-state index in [0.29, 0.717) is 11.8 Å². The molecule has 138 valence electrons. The van der Waals surface area contributed by atoms with Crippen molar-refractivity contribution in [3.8, 4) is 11.3 Å². The number of fused-ring (bicyclic) bond motifs is 3. The number of rotatable bonds is 2. The van der Waals surface area contributed by atoms with Crippen LogP contribution >= 0.6 is 11.6 Å². The third-order valence-corrected chi connectivity index (χ3v) is 6.67.